The maximum absolute atomic E-state index is 13.7. The van der Waals surface area contributed by atoms with E-state index in [1.807, 2.05) is 0 Å². The van der Waals surface area contributed by atoms with E-state index in [0.717, 1.165) is 19.3 Å². The molecule has 94 valence electrons. The second-order valence-electron chi connectivity index (χ2n) is 4.41. The molecule has 0 unspecified atom stereocenters. The van der Waals surface area contributed by atoms with Crippen LogP contribution in [0.4, 0.5) is 8.78 Å². The van der Waals surface area contributed by atoms with Crippen LogP contribution in [0, 0.1) is 11.6 Å². The standard InChI is InChI=1S/C12H14ClF2NO/c1-17-11-7(12(6-16)3-2-4-12)5-8(13)9(14)10(11)15/h5H,2-4,6,16H2,1H3. The van der Waals surface area contributed by atoms with Gasteiger partial charge in [0.1, 0.15) is 0 Å². The van der Waals surface area contributed by atoms with Crippen molar-refractivity contribution in [1.82, 2.24) is 0 Å². The minimum atomic E-state index is -1.07. The van der Waals surface area contributed by atoms with E-state index in [4.69, 9.17) is 22.1 Å². The van der Waals surface area contributed by atoms with Gasteiger partial charge in [-0.15, -0.1) is 0 Å². The fraction of sp³-hybridized carbons (Fsp3) is 0.500. The van der Waals surface area contributed by atoms with Crippen molar-refractivity contribution in [2.75, 3.05) is 13.7 Å². The van der Waals surface area contributed by atoms with Crippen molar-refractivity contribution in [2.24, 2.45) is 5.73 Å². The van der Waals surface area contributed by atoms with E-state index in [9.17, 15) is 8.78 Å². The summed E-state index contributed by atoms with van der Waals surface area (Å²) in [5.41, 5.74) is 6.01. The van der Waals surface area contributed by atoms with Crippen LogP contribution in [0.2, 0.25) is 5.02 Å². The molecule has 0 amide bonds. The number of nitrogens with two attached hydrogens (primary N) is 1. The molecule has 2 N–H and O–H groups in total. The van der Waals surface area contributed by atoms with Crippen LogP contribution >= 0.6 is 11.6 Å². The zero-order valence-corrected chi connectivity index (χ0v) is 10.3. The van der Waals surface area contributed by atoms with Crippen molar-refractivity contribution in [3.05, 3.63) is 28.3 Å². The molecule has 1 aliphatic carbocycles. The van der Waals surface area contributed by atoms with Crippen LogP contribution in [0.15, 0.2) is 6.07 Å². The van der Waals surface area contributed by atoms with Crippen LogP contribution in [-0.2, 0) is 5.41 Å². The van der Waals surface area contributed by atoms with Gasteiger partial charge in [0.05, 0.1) is 12.1 Å². The van der Waals surface area contributed by atoms with Crippen LogP contribution in [0.3, 0.4) is 0 Å². The van der Waals surface area contributed by atoms with Crippen LogP contribution in [-0.4, -0.2) is 13.7 Å². The molecular weight excluding hydrogens is 248 g/mol. The zero-order valence-electron chi connectivity index (χ0n) is 9.53. The minimum absolute atomic E-state index is 0.0722. The molecule has 0 radical (unpaired) electrons. The first-order valence-corrected chi connectivity index (χ1v) is 5.85. The Labute approximate surface area is 104 Å². The van der Waals surface area contributed by atoms with Crippen molar-refractivity contribution >= 4 is 11.6 Å². The molecule has 1 aromatic carbocycles. The number of hydrogen-bond donors (Lipinski definition) is 1. The van der Waals surface area contributed by atoms with Gasteiger partial charge in [0.15, 0.2) is 11.6 Å². The van der Waals surface area contributed by atoms with Crippen molar-refractivity contribution in [3.63, 3.8) is 0 Å². The van der Waals surface area contributed by atoms with Crippen molar-refractivity contribution < 1.29 is 13.5 Å². The summed E-state index contributed by atoms with van der Waals surface area (Å²) in [6.07, 6.45) is 2.72. The molecule has 0 bridgehead atoms. The first kappa shape index (κ1) is 12.6. The second kappa shape index (κ2) is 4.42. The summed E-state index contributed by atoms with van der Waals surface area (Å²) < 4.78 is 32.0. The van der Waals surface area contributed by atoms with Gasteiger partial charge in [-0.05, 0) is 18.9 Å². The predicted octanol–water partition coefficient (Wildman–Crippen LogP) is 3.01. The van der Waals surface area contributed by atoms with Crippen LogP contribution in [0.5, 0.6) is 5.75 Å². The van der Waals surface area contributed by atoms with E-state index in [0.29, 0.717) is 12.1 Å². The van der Waals surface area contributed by atoms with Gasteiger partial charge in [-0.1, -0.05) is 18.0 Å². The van der Waals surface area contributed by atoms with E-state index < -0.39 is 11.6 Å². The third-order valence-electron chi connectivity index (χ3n) is 3.59. The quantitative estimate of drug-likeness (QED) is 0.849. The number of ether oxygens (including phenoxy) is 1. The summed E-state index contributed by atoms with van der Waals surface area (Å²) in [6.45, 7) is 0.380. The maximum Gasteiger partial charge on any atom is 0.202 e. The summed E-state index contributed by atoms with van der Waals surface area (Å²) in [7, 11) is 1.32. The molecule has 2 nitrogen and oxygen atoms in total. The molecule has 1 saturated carbocycles. The largest absolute Gasteiger partial charge is 0.493 e. The number of benzene rings is 1. The Kier molecular flexibility index (Phi) is 3.27. The highest BCUT2D eigenvalue weighted by Crippen LogP contribution is 2.48. The number of hydrogen-bond acceptors (Lipinski definition) is 2. The minimum Gasteiger partial charge on any atom is -0.493 e. The molecular formula is C12H14ClF2NO. The third kappa shape index (κ3) is 1.79. The maximum atomic E-state index is 13.7. The first-order chi connectivity index (χ1) is 8.05. The van der Waals surface area contributed by atoms with Crippen LogP contribution < -0.4 is 10.5 Å². The van der Waals surface area contributed by atoms with E-state index >= 15 is 0 Å². The number of methoxy groups -OCH3 is 1. The summed E-state index contributed by atoms with van der Waals surface area (Å²) in [4.78, 5) is 0. The predicted molar refractivity (Wildman–Crippen MR) is 62.5 cm³/mol. The van der Waals surface area contributed by atoms with Gasteiger partial charge >= 0.3 is 0 Å². The highest BCUT2D eigenvalue weighted by Gasteiger charge is 2.41. The molecule has 0 atom stereocenters. The smallest absolute Gasteiger partial charge is 0.202 e. The van der Waals surface area contributed by atoms with E-state index in [-0.39, 0.29) is 16.2 Å². The lowest BCUT2D eigenvalue weighted by Crippen LogP contribution is -2.42. The lowest BCUT2D eigenvalue weighted by molar-refractivity contribution is 0.239. The fourth-order valence-corrected chi connectivity index (χ4v) is 2.55. The van der Waals surface area contributed by atoms with Crippen molar-refractivity contribution in [2.45, 2.75) is 24.7 Å². The highest BCUT2D eigenvalue weighted by atomic mass is 35.5. The molecule has 2 rings (SSSR count). The lowest BCUT2D eigenvalue weighted by Gasteiger charge is -2.42. The summed E-state index contributed by atoms with van der Waals surface area (Å²) in [6, 6.07) is 1.44. The topological polar surface area (TPSA) is 35.2 Å². The lowest BCUT2D eigenvalue weighted by atomic mass is 9.64. The summed E-state index contributed by atoms with van der Waals surface area (Å²) in [5, 5.41) is -0.224. The van der Waals surface area contributed by atoms with Crippen molar-refractivity contribution in [1.29, 1.82) is 0 Å². The van der Waals surface area contributed by atoms with Gasteiger partial charge in [-0.25, -0.2) is 4.39 Å². The summed E-state index contributed by atoms with van der Waals surface area (Å²) >= 11 is 5.68. The molecule has 0 saturated heterocycles. The van der Waals surface area contributed by atoms with Crippen LogP contribution in [0.1, 0.15) is 24.8 Å². The number of rotatable bonds is 3. The Hall–Kier alpha value is -0.870. The molecule has 0 heterocycles. The van der Waals surface area contributed by atoms with Gasteiger partial charge in [-0.2, -0.15) is 4.39 Å². The van der Waals surface area contributed by atoms with Gasteiger partial charge in [0, 0.05) is 17.5 Å². The molecule has 1 fully saturated rings. The normalized spacial score (nSPS) is 17.7. The molecule has 0 aromatic heterocycles. The van der Waals surface area contributed by atoms with Gasteiger partial charge in [0.25, 0.3) is 0 Å². The average molecular weight is 262 g/mol. The molecule has 1 aromatic rings. The SMILES string of the molecule is COc1c(C2(CN)CCC2)cc(Cl)c(F)c1F. The van der Waals surface area contributed by atoms with E-state index in [1.165, 1.54) is 13.2 Å². The summed E-state index contributed by atoms with van der Waals surface area (Å²) in [5.74, 6) is -2.18. The van der Waals surface area contributed by atoms with Crippen molar-refractivity contribution in [3.8, 4) is 5.75 Å². The Balaban J connectivity index is 2.60. The van der Waals surface area contributed by atoms with Gasteiger partial charge in [0.2, 0.25) is 5.82 Å². The second-order valence-corrected chi connectivity index (χ2v) is 4.81. The fourth-order valence-electron chi connectivity index (χ4n) is 2.36. The Bertz CT molecular complexity index is 441. The first-order valence-electron chi connectivity index (χ1n) is 5.48. The Morgan fingerprint density at radius 3 is 2.47 bits per heavy atom. The molecule has 1 aliphatic rings. The zero-order chi connectivity index (χ0) is 12.6. The average Bonchev–Trinajstić information content (AvgIpc) is 2.26. The molecule has 17 heavy (non-hydrogen) atoms. The monoisotopic (exact) mass is 261 g/mol. The number of halogens is 3. The molecule has 0 aliphatic heterocycles. The molecule has 5 heteroatoms. The Morgan fingerprint density at radius 1 is 1.41 bits per heavy atom. The van der Waals surface area contributed by atoms with E-state index in [1.54, 1.807) is 0 Å². The van der Waals surface area contributed by atoms with Gasteiger partial charge < -0.3 is 10.5 Å². The Morgan fingerprint density at radius 2 is 2.06 bits per heavy atom. The third-order valence-corrected chi connectivity index (χ3v) is 3.87. The van der Waals surface area contributed by atoms with Crippen LogP contribution in [0.25, 0.3) is 0 Å². The van der Waals surface area contributed by atoms with Gasteiger partial charge in [-0.3, -0.25) is 0 Å². The van der Waals surface area contributed by atoms with E-state index in [2.05, 4.69) is 0 Å². The highest BCUT2D eigenvalue weighted by molar-refractivity contribution is 6.30. The molecule has 0 spiro atoms.